The first-order valence-corrected chi connectivity index (χ1v) is 10.7. The average molecular weight is 477 g/mol. The Kier molecular flexibility index (Phi) is 6.73. The first kappa shape index (κ1) is 23.8. The molecule has 2 aromatic carbocycles. The molecule has 0 fully saturated rings. The number of furan rings is 1. The second-order valence-electron chi connectivity index (χ2n) is 7.91. The van der Waals surface area contributed by atoms with Crippen LogP contribution in [0.2, 0.25) is 0 Å². The number of halogens is 3. The van der Waals surface area contributed by atoms with E-state index in [1.165, 1.54) is 12.1 Å². The summed E-state index contributed by atoms with van der Waals surface area (Å²) in [5, 5.41) is 5.16. The summed E-state index contributed by atoms with van der Waals surface area (Å²) >= 11 is 0. The molecule has 0 aliphatic carbocycles. The van der Waals surface area contributed by atoms with Gasteiger partial charge in [0.15, 0.2) is 0 Å². The number of allylic oxidation sites excluding steroid dienone is 4. The maximum Gasteiger partial charge on any atom is 0.416 e. The molecular formula is C27H22F3N3O2. The Morgan fingerprint density at radius 2 is 1.83 bits per heavy atom. The molecule has 1 aromatic heterocycles. The summed E-state index contributed by atoms with van der Waals surface area (Å²) in [5.41, 5.74) is 2.93. The topological polar surface area (TPSA) is 66.6 Å². The molecule has 0 saturated heterocycles. The number of amides is 2. The van der Waals surface area contributed by atoms with Gasteiger partial charge in [0, 0.05) is 29.6 Å². The lowest BCUT2D eigenvalue weighted by Gasteiger charge is -2.13. The zero-order valence-corrected chi connectivity index (χ0v) is 18.8. The number of para-hydroxylation sites is 1. The van der Waals surface area contributed by atoms with Gasteiger partial charge in [-0.3, -0.25) is 4.99 Å². The first-order chi connectivity index (χ1) is 16.7. The van der Waals surface area contributed by atoms with E-state index in [-0.39, 0.29) is 5.69 Å². The second kappa shape index (κ2) is 9.89. The Morgan fingerprint density at radius 3 is 2.63 bits per heavy atom. The van der Waals surface area contributed by atoms with E-state index in [0.717, 1.165) is 34.5 Å². The smallest absolute Gasteiger partial charge is 0.416 e. The van der Waals surface area contributed by atoms with Crippen molar-refractivity contribution in [2.45, 2.75) is 19.5 Å². The van der Waals surface area contributed by atoms with E-state index in [9.17, 15) is 18.0 Å². The van der Waals surface area contributed by atoms with Crippen LogP contribution in [0.25, 0.3) is 0 Å². The number of aryl methyl sites for hydroxylation is 1. The molecule has 3 aromatic rings. The number of nitrogens with one attached hydrogen (secondary N) is 2. The van der Waals surface area contributed by atoms with Crippen molar-refractivity contribution in [2.75, 3.05) is 10.6 Å². The Hall–Kier alpha value is -4.33. The summed E-state index contributed by atoms with van der Waals surface area (Å²) in [6, 6.07) is 12.8. The lowest BCUT2D eigenvalue weighted by atomic mass is 10.1. The van der Waals surface area contributed by atoms with E-state index < -0.39 is 17.8 Å². The molecule has 1 aliphatic rings. The van der Waals surface area contributed by atoms with Crippen LogP contribution in [0.15, 0.2) is 101 Å². The third-order valence-electron chi connectivity index (χ3n) is 5.28. The highest BCUT2D eigenvalue weighted by molar-refractivity contribution is 6.10. The number of carbonyl (C=O) groups is 1. The molecule has 0 saturated carbocycles. The Balaban J connectivity index is 1.49. The van der Waals surface area contributed by atoms with Crippen molar-refractivity contribution in [1.82, 2.24) is 0 Å². The van der Waals surface area contributed by atoms with Crippen LogP contribution in [0.5, 0.6) is 0 Å². The molecule has 8 heteroatoms. The standard InChI is InChI=1S/C27H22F3N3O2/c1-17-10-11-25(31-13-12-17)23-16-22(35-18(23)2)14-19-6-3-4-9-24(19)33-26(34)32-21-8-5-7-20(15-21)27(28,29)30/h3-13,15-16H,1,14H2,2H3,(H2,32,33,34). The molecule has 2 heterocycles. The third-order valence-corrected chi connectivity index (χ3v) is 5.28. The number of rotatable bonds is 5. The van der Waals surface area contributed by atoms with E-state index in [2.05, 4.69) is 22.2 Å². The van der Waals surface area contributed by atoms with Crippen LogP contribution >= 0.6 is 0 Å². The molecule has 2 amide bonds. The van der Waals surface area contributed by atoms with Crippen molar-refractivity contribution in [2.24, 2.45) is 4.99 Å². The van der Waals surface area contributed by atoms with Crippen LogP contribution in [0.4, 0.5) is 29.3 Å². The molecule has 0 atom stereocenters. The van der Waals surface area contributed by atoms with Gasteiger partial charge in [-0.05, 0) is 60.5 Å². The molecule has 0 unspecified atom stereocenters. The third kappa shape index (κ3) is 5.97. The molecule has 4 rings (SSSR count). The van der Waals surface area contributed by atoms with Crippen molar-refractivity contribution < 1.29 is 22.4 Å². The van der Waals surface area contributed by atoms with Gasteiger partial charge in [-0.15, -0.1) is 0 Å². The summed E-state index contributed by atoms with van der Waals surface area (Å²) in [4.78, 5) is 16.9. The van der Waals surface area contributed by atoms with Gasteiger partial charge in [0.1, 0.15) is 11.5 Å². The normalized spacial score (nSPS) is 13.4. The van der Waals surface area contributed by atoms with E-state index in [0.29, 0.717) is 23.6 Å². The monoisotopic (exact) mass is 477 g/mol. The molecule has 1 aliphatic heterocycles. The Labute approximate surface area is 200 Å². The maximum atomic E-state index is 12.9. The maximum absolute atomic E-state index is 12.9. The van der Waals surface area contributed by atoms with Gasteiger partial charge in [0.05, 0.1) is 11.3 Å². The molecular weight excluding hydrogens is 455 g/mol. The SMILES string of the molecule is C=C1C=CN=C(c2cc(Cc3ccccc3NC(=O)Nc3cccc(C(F)(F)F)c3)oc2C)C=C1. The molecule has 2 N–H and O–H groups in total. The van der Waals surface area contributed by atoms with Crippen LogP contribution in [0.3, 0.4) is 0 Å². The Bertz CT molecular complexity index is 1360. The minimum Gasteiger partial charge on any atom is -0.465 e. The number of aliphatic imine (C=N–C) groups is 1. The summed E-state index contributed by atoms with van der Waals surface area (Å²) in [5.74, 6) is 1.38. The number of benzene rings is 2. The predicted molar refractivity (Wildman–Crippen MR) is 131 cm³/mol. The highest BCUT2D eigenvalue weighted by atomic mass is 19.4. The highest BCUT2D eigenvalue weighted by Gasteiger charge is 2.30. The zero-order valence-electron chi connectivity index (χ0n) is 18.8. The van der Waals surface area contributed by atoms with Crippen LogP contribution in [-0.2, 0) is 12.6 Å². The number of alkyl halides is 3. The number of hydrogen-bond donors (Lipinski definition) is 2. The van der Waals surface area contributed by atoms with E-state index >= 15 is 0 Å². The fourth-order valence-electron chi connectivity index (χ4n) is 3.58. The zero-order chi connectivity index (χ0) is 25.0. The van der Waals surface area contributed by atoms with Crippen molar-refractivity contribution in [3.8, 4) is 0 Å². The van der Waals surface area contributed by atoms with Crippen molar-refractivity contribution in [1.29, 1.82) is 0 Å². The van der Waals surface area contributed by atoms with Gasteiger partial charge < -0.3 is 15.1 Å². The molecule has 0 spiro atoms. The number of anilines is 2. The van der Waals surface area contributed by atoms with Gasteiger partial charge in [0.2, 0.25) is 0 Å². The Morgan fingerprint density at radius 1 is 1.03 bits per heavy atom. The van der Waals surface area contributed by atoms with E-state index in [4.69, 9.17) is 4.42 Å². The number of hydrogen-bond acceptors (Lipinski definition) is 3. The summed E-state index contributed by atoms with van der Waals surface area (Å²) in [7, 11) is 0. The van der Waals surface area contributed by atoms with Crippen molar-refractivity contribution >= 4 is 23.1 Å². The van der Waals surface area contributed by atoms with E-state index in [1.54, 1.807) is 18.3 Å². The number of carbonyl (C=O) groups excluding carboxylic acids is 1. The summed E-state index contributed by atoms with van der Waals surface area (Å²) in [6.45, 7) is 5.75. The quantitative estimate of drug-likeness (QED) is 0.406. The van der Waals surface area contributed by atoms with Crippen LogP contribution < -0.4 is 10.6 Å². The second-order valence-corrected chi connectivity index (χ2v) is 7.91. The summed E-state index contributed by atoms with van der Waals surface area (Å²) in [6.07, 6.45) is 3.13. The van der Waals surface area contributed by atoms with Crippen LogP contribution in [0, 0.1) is 6.92 Å². The average Bonchev–Trinajstić information content (AvgIpc) is 3.02. The highest BCUT2D eigenvalue weighted by Crippen LogP contribution is 2.31. The predicted octanol–water partition coefficient (Wildman–Crippen LogP) is 7.27. The first-order valence-electron chi connectivity index (χ1n) is 10.7. The lowest BCUT2D eigenvalue weighted by Crippen LogP contribution is -2.20. The number of nitrogens with zero attached hydrogens (tertiary/aromatic N) is 1. The molecule has 178 valence electrons. The fraction of sp³-hybridized carbons (Fsp3) is 0.111. The van der Waals surface area contributed by atoms with Gasteiger partial charge in [-0.1, -0.05) is 36.9 Å². The van der Waals surface area contributed by atoms with E-state index in [1.807, 2.05) is 43.4 Å². The lowest BCUT2D eigenvalue weighted by molar-refractivity contribution is -0.137. The minimum absolute atomic E-state index is 0.0371. The number of urea groups is 1. The van der Waals surface area contributed by atoms with Gasteiger partial charge in [0.25, 0.3) is 0 Å². The molecule has 0 radical (unpaired) electrons. The molecule has 0 bridgehead atoms. The van der Waals surface area contributed by atoms with Crippen molar-refractivity contribution in [3.63, 3.8) is 0 Å². The van der Waals surface area contributed by atoms with Crippen LogP contribution in [-0.4, -0.2) is 11.7 Å². The van der Waals surface area contributed by atoms with Gasteiger partial charge >= 0.3 is 12.2 Å². The van der Waals surface area contributed by atoms with Gasteiger partial charge in [-0.25, -0.2) is 4.79 Å². The molecule has 5 nitrogen and oxygen atoms in total. The fourth-order valence-corrected chi connectivity index (χ4v) is 3.58. The summed E-state index contributed by atoms with van der Waals surface area (Å²) < 4.78 is 44.8. The molecule has 35 heavy (non-hydrogen) atoms. The minimum atomic E-state index is -4.50. The van der Waals surface area contributed by atoms with Crippen molar-refractivity contribution in [3.05, 3.63) is 119 Å². The van der Waals surface area contributed by atoms with Crippen LogP contribution in [0.1, 0.15) is 28.2 Å². The largest absolute Gasteiger partial charge is 0.465 e. The van der Waals surface area contributed by atoms with Gasteiger partial charge in [-0.2, -0.15) is 13.2 Å².